The molecule has 0 aliphatic heterocycles. The Labute approximate surface area is 177 Å². The van der Waals surface area contributed by atoms with E-state index in [2.05, 4.69) is 20.4 Å². The highest BCUT2D eigenvalue weighted by molar-refractivity contribution is 6.32. The number of benzene rings is 1. The summed E-state index contributed by atoms with van der Waals surface area (Å²) in [6, 6.07) is 5.00. The van der Waals surface area contributed by atoms with Gasteiger partial charge in [-0.05, 0) is 24.6 Å². The van der Waals surface area contributed by atoms with Crippen LogP contribution in [0.3, 0.4) is 0 Å². The van der Waals surface area contributed by atoms with Gasteiger partial charge in [-0.1, -0.05) is 11.6 Å². The van der Waals surface area contributed by atoms with Crippen LogP contribution in [0.25, 0.3) is 11.3 Å². The molecular formula is C19H21ClFN5O4. The second-order valence-electron chi connectivity index (χ2n) is 6.09. The minimum atomic E-state index is -0.537. The second kappa shape index (κ2) is 11.3. The topological polar surface area (TPSA) is 104 Å². The van der Waals surface area contributed by atoms with E-state index in [0.29, 0.717) is 41.6 Å². The quantitative estimate of drug-likeness (QED) is 0.435. The molecule has 0 saturated heterocycles. The summed E-state index contributed by atoms with van der Waals surface area (Å²) in [7, 11) is 0. The van der Waals surface area contributed by atoms with Crippen molar-refractivity contribution in [2.24, 2.45) is 0 Å². The molecule has 9 nitrogen and oxygen atoms in total. The van der Waals surface area contributed by atoms with Crippen molar-refractivity contribution in [1.29, 1.82) is 0 Å². The van der Waals surface area contributed by atoms with E-state index in [9.17, 15) is 9.18 Å². The van der Waals surface area contributed by atoms with Crippen LogP contribution in [0.1, 0.15) is 16.9 Å². The third-order valence-electron chi connectivity index (χ3n) is 4.00. The number of nitrogens with zero attached hydrogens (tertiary/aromatic N) is 4. The zero-order chi connectivity index (χ0) is 21.2. The number of aromatic nitrogens is 4. The zero-order valence-corrected chi connectivity index (χ0v) is 16.8. The summed E-state index contributed by atoms with van der Waals surface area (Å²) in [6.45, 7) is 1.08. The number of alkyl halides is 1. The number of carbonyl (C=O) groups is 1. The fraction of sp³-hybridized carbons (Fsp3) is 0.368. The standard InChI is InChI=1S/C19H21ClFN5O4/c20-15-10-14(2-3-16(15)29-9-8-28-7-4-21)18-17(24-13-30-18)19(27)23-5-1-6-26-12-22-11-25-26/h2-3,10-13H,1,4-9H2,(H,23,27)/i21-1. The van der Waals surface area contributed by atoms with E-state index in [1.54, 1.807) is 29.2 Å². The summed E-state index contributed by atoms with van der Waals surface area (Å²) < 4.78 is 29.6. The molecule has 0 saturated carbocycles. The van der Waals surface area contributed by atoms with Crippen LogP contribution < -0.4 is 10.1 Å². The highest BCUT2D eigenvalue weighted by Crippen LogP contribution is 2.31. The Morgan fingerprint density at radius 3 is 2.97 bits per heavy atom. The number of carbonyl (C=O) groups excluding carboxylic acids is 1. The van der Waals surface area contributed by atoms with Crippen LogP contribution in [-0.4, -0.2) is 58.7 Å². The van der Waals surface area contributed by atoms with Crippen molar-refractivity contribution in [2.75, 3.05) is 33.0 Å². The maximum Gasteiger partial charge on any atom is 0.273 e. The number of halogens is 2. The van der Waals surface area contributed by atoms with Gasteiger partial charge in [-0.3, -0.25) is 9.48 Å². The second-order valence-corrected chi connectivity index (χ2v) is 6.50. The molecule has 0 radical (unpaired) electrons. The first-order valence-electron chi connectivity index (χ1n) is 9.29. The molecule has 30 heavy (non-hydrogen) atoms. The highest BCUT2D eigenvalue weighted by atomic mass is 35.5. The molecule has 11 heteroatoms. The number of amides is 1. The molecular weight excluding hydrogens is 416 g/mol. The first-order valence-corrected chi connectivity index (χ1v) is 9.67. The molecule has 0 aliphatic rings. The summed E-state index contributed by atoms with van der Waals surface area (Å²) in [5.41, 5.74) is 0.756. The predicted octanol–water partition coefficient (Wildman–Crippen LogP) is 2.77. The van der Waals surface area contributed by atoms with Gasteiger partial charge in [-0.25, -0.2) is 14.4 Å². The van der Waals surface area contributed by atoms with Gasteiger partial charge >= 0.3 is 0 Å². The molecule has 0 bridgehead atoms. The Balaban J connectivity index is 1.55. The van der Waals surface area contributed by atoms with Gasteiger partial charge in [0, 0.05) is 18.7 Å². The number of oxazole rings is 1. The lowest BCUT2D eigenvalue weighted by atomic mass is 10.1. The first kappa shape index (κ1) is 21.7. The minimum absolute atomic E-state index is 0.0345. The Hall–Kier alpha value is -2.98. The number of rotatable bonds is 12. The average molecular weight is 437 g/mol. The Kier molecular flexibility index (Phi) is 8.16. The number of ether oxygens (including phenoxy) is 2. The molecule has 1 N–H and O–H groups in total. The van der Waals surface area contributed by atoms with E-state index in [1.165, 1.54) is 12.7 Å². The van der Waals surface area contributed by atoms with Crippen LogP contribution in [0, 0.1) is 0 Å². The van der Waals surface area contributed by atoms with Crippen LogP contribution in [-0.2, 0) is 11.3 Å². The number of hydrogen-bond acceptors (Lipinski definition) is 7. The van der Waals surface area contributed by atoms with Crippen LogP contribution in [0.15, 0.2) is 41.7 Å². The van der Waals surface area contributed by atoms with Crippen molar-refractivity contribution < 1.29 is 23.1 Å². The largest absolute Gasteiger partial charge is 0.490 e. The average Bonchev–Trinajstić information content (AvgIpc) is 3.44. The summed E-state index contributed by atoms with van der Waals surface area (Å²) in [4.78, 5) is 20.4. The monoisotopic (exact) mass is 436 g/mol. The third-order valence-corrected chi connectivity index (χ3v) is 4.29. The van der Waals surface area contributed by atoms with Gasteiger partial charge in [0.05, 0.1) is 18.2 Å². The van der Waals surface area contributed by atoms with Crippen molar-refractivity contribution in [3.05, 3.63) is 48.0 Å². The molecule has 160 valence electrons. The molecule has 0 atom stereocenters. The molecule has 2 aromatic heterocycles. The SMILES string of the molecule is O=C(NCCCn1cncn1)c1ncoc1-c1ccc(OCCOCC[18F])c(Cl)c1. The van der Waals surface area contributed by atoms with Gasteiger partial charge in [0.15, 0.2) is 17.8 Å². The van der Waals surface area contributed by atoms with E-state index in [4.69, 9.17) is 25.5 Å². The van der Waals surface area contributed by atoms with Gasteiger partial charge < -0.3 is 19.2 Å². The van der Waals surface area contributed by atoms with Crippen molar-refractivity contribution in [3.8, 4) is 17.1 Å². The maximum absolute atomic E-state index is 12.5. The van der Waals surface area contributed by atoms with Gasteiger partial charge in [-0.2, -0.15) is 5.10 Å². The smallest absolute Gasteiger partial charge is 0.273 e. The molecule has 0 spiro atoms. The normalized spacial score (nSPS) is 10.9. The van der Waals surface area contributed by atoms with E-state index >= 15 is 0 Å². The van der Waals surface area contributed by atoms with Gasteiger partial charge in [0.1, 0.15) is 31.7 Å². The van der Waals surface area contributed by atoms with E-state index in [0.717, 1.165) is 0 Å². The molecule has 3 aromatic rings. The van der Waals surface area contributed by atoms with Crippen molar-refractivity contribution in [2.45, 2.75) is 13.0 Å². The number of aryl methyl sites for hydroxylation is 1. The molecule has 1 amide bonds. The maximum atomic E-state index is 12.5. The lowest BCUT2D eigenvalue weighted by Crippen LogP contribution is -2.26. The first-order chi connectivity index (χ1) is 14.7. The number of hydrogen-bond donors (Lipinski definition) is 1. The molecule has 3 rings (SSSR count). The van der Waals surface area contributed by atoms with Crippen LogP contribution in [0.2, 0.25) is 5.02 Å². The molecule has 1 aromatic carbocycles. The van der Waals surface area contributed by atoms with Gasteiger partial charge in [0.25, 0.3) is 5.91 Å². The van der Waals surface area contributed by atoms with E-state index in [-0.39, 0.29) is 31.4 Å². The summed E-state index contributed by atoms with van der Waals surface area (Å²) in [6.07, 6.45) is 4.98. The van der Waals surface area contributed by atoms with Crippen molar-refractivity contribution >= 4 is 17.5 Å². The van der Waals surface area contributed by atoms with E-state index in [1.807, 2.05) is 0 Å². The molecule has 0 unspecified atom stereocenters. The Bertz CT molecular complexity index is 935. The van der Waals surface area contributed by atoms with Crippen molar-refractivity contribution in [3.63, 3.8) is 0 Å². The predicted molar refractivity (Wildman–Crippen MR) is 106 cm³/mol. The van der Waals surface area contributed by atoms with Crippen LogP contribution in [0.5, 0.6) is 5.75 Å². The summed E-state index contributed by atoms with van der Waals surface area (Å²) >= 11 is 6.27. The van der Waals surface area contributed by atoms with Crippen LogP contribution in [0.4, 0.5) is 4.39 Å². The molecule has 2 heterocycles. The Morgan fingerprint density at radius 2 is 2.20 bits per heavy atom. The number of nitrogens with one attached hydrogen (secondary N) is 1. The van der Waals surface area contributed by atoms with Gasteiger partial charge in [-0.15, -0.1) is 0 Å². The molecule has 0 aliphatic carbocycles. The lowest BCUT2D eigenvalue weighted by molar-refractivity contribution is 0.0897. The fourth-order valence-electron chi connectivity index (χ4n) is 2.61. The zero-order valence-electron chi connectivity index (χ0n) is 16.1. The van der Waals surface area contributed by atoms with Gasteiger partial charge in [0.2, 0.25) is 0 Å². The minimum Gasteiger partial charge on any atom is -0.490 e. The molecule has 0 fully saturated rings. The third kappa shape index (κ3) is 6.01. The Morgan fingerprint density at radius 1 is 1.30 bits per heavy atom. The lowest BCUT2D eigenvalue weighted by Gasteiger charge is -2.09. The summed E-state index contributed by atoms with van der Waals surface area (Å²) in [5, 5.41) is 7.15. The van der Waals surface area contributed by atoms with E-state index < -0.39 is 6.67 Å². The fourth-order valence-corrected chi connectivity index (χ4v) is 2.85. The van der Waals surface area contributed by atoms with Crippen molar-refractivity contribution in [1.82, 2.24) is 25.1 Å². The highest BCUT2D eigenvalue weighted by Gasteiger charge is 2.19. The summed E-state index contributed by atoms with van der Waals surface area (Å²) in [5.74, 6) is 0.408. The van der Waals surface area contributed by atoms with Crippen LogP contribution >= 0.6 is 11.6 Å².